The van der Waals surface area contributed by atoms with Crippen molar-refractivity contribution in [1.82, 2.24) is 5.32 Å². The van der Waals surface area contributed by atoms with Gasteiger partial charge in [0.25, 0.3) is 0 Å². The minimum Gasteiger partial charge on any atom is -0.299 e. The minimum atomic E-state index is -0.242. The van der Waals surface area contributed by atoms with Gasteiger partial charge < -0.3 is 0 Å². The third kappa shape index (κ3) is 2.98. The summed E-state index contributed by atoms with van der Waals surface area (Å²) in [4.78, 5) is 0. The van der Waals surface area contributed by atoms with Gasteiger partial charge in [-0.1, -0.05) is 30.3 Å². The summed E-state index contributed by atoms with van der Waals surface area (Å²) in [7, 11) is 0. The monoisotopic (exact) mass is 254 g/mol. The molecule has 0 unspecified atom stereocenters. The molecule has 0 amide bonds. The first-order chi connectivity index (χ1) is 9.31. The molecule has 100 valence electrons. The standard InChI is InChI=1S/C17H22N2/c18-13-17(19-12-14-6-7-14)10-8-16(9-11-17)15-4-2-1-3-5-15/h1-5,14,16,19H,6-12H2. The molecule has 0 heterocycles. The number of hydrogen-bond acceptors (Lipinski definition) is 2. The molecule has 2 nitrogen and oxygen atoms in total. The van der Waals surface area contributed by atoms with Crippen molar-refractivity contribution in [3.05, 3.63) is 35.9 Å². The van der Waals surface area contributed by atoms with Gasteiger partial charge in [0.15, 0.2) is 0 Å². The summed E-state index contributed by atoms with van der Waals surface area (Å²) >= 11 is 0. The van der Waals surface area contributed by atoms with Crippen LogP contribution in [0.25, 0.3) is 0 Å². The van der Waals surface area contributed by atoms with E-state index < -0.39 is 0 Å². The minimum absolute atomic E-state index is 0.242. The average molecular weight is 254 g/mol. The van der Waals surface area contributed by atoms with Crippen molar-refractivity contribution >= 4 is 0 Å². The van der Waals surface area contributed by atoms with Crippen molar-refractivity contribution in [2.75, 3.05) is 6.54 Å². The molecule has 0 aromatic heterocycles. The summed E-state index contributed by atoms with van der Waals surface area (Å²) in [6, 6.07) is 13.3. The van der Waals surface area contributed by atoms with Crippen LogP contribution < -0.4 is 5.32 Å². The molecule has 0 spiro atoms. The Balaban J connectivity index is 1.59. The molecule has 0 aliphatic heterocycles. The number of benzene rings is 1. The summed E-state index contributed by atoms with van der Waals surface area (Å²) < 4.78 is 0. The van der Waals surface area contributed by atoms with E-state index in [1.54, 1.807) is 0 Å². The number of nitrogens with one attached hydrogen (secondary N) is 1. The van der Waals surface area contributed by atoms with Gasteiger partial charge in [-0.05, 0) is 62.5 Å². The van der Waals surface area contributed by atoms with Crippen molar-refractivity contribution in [1.29, 1.82) is 5.26 Å². The normalized spacial score (nSPS) is 30.8. The van der Waals surface area contributed by atoms with Crippen molar-refractivity contribution in [2.24, 2.45) is 5.92 Å². The van der Waals surface area contributed by atoms with Gasteiger partial charge in [0.05, 0.1) is 6.07 Å². The summed E-state index contributed by atoms with van der Waals surface area (Å²) in [5.41, 5.74) is 1.20. The highest BCUT2D eigenvalue weighted by molar-refractivity contribution is 5.22. The van der Waals surface area contributed by atoms with E-state index in [-0.39, 0.29) is 5.54 Å². The first-order valence-corrected chi connectivity index (χ1v) is 7.52. The summed E-state index contributed by atoms with van der Waals surface area (Å²) in [5, 5.41) is 13.1. The third-order valence-electron chi connectivity index (χ3n) is 4.75. The van der Waals surface area contributed by atoms with Crippen LogP contribution in [0.15, 0.2) is 30.3 Å². The Labute approximate surface area is 115 Å². The molecule has 0 saturated heterocycles. The molecule has 2 saturated carbocycles. The molecule has 2 aliphatic carbocycles. The topological polar surface area (TPSA) is 35.8 Å². The molecule has 0 bridgehead atoms. The molecule has 1 N–H and O–H groups in total. The second-order valence-corrected chi connectivity index (χ2v) is 6.20. The van der Waals surface area contributed by atoms with Crippen LogP contribution in [0.2, 0.25) is 0 Å². The van der Waals surface area contributed by atoms with Crippen LogP contribution in [0, 0.1) is 17.2 Å². The number of hydrogen-bond donors (Lipinski definition) is 1. The van der Waals surface area contributed by atoms with E-state index in [2.05, 4.69) is 41.7 Å². The van der Waals surface area contributed by atoms with Gasteiger partial charge in [-0.15, -0.1) is 0 Å². The van der Waals surface area contributed by atoms with Crippen LogP contribution in [-0.4, -0.2) is 12.1 Å². The van der Waals surface area contributed by atoms with E-state index in [1.807, 2.05) is 0 Å². The maximum atomic E-state index is 9.52. The Morgan fingerprint density at radius 3 is 2.37 bits per heavy atom. The van der Waals surface area contributed by atoms with Crippen LogP contribution >= 0.6 is 0 Å². The van der Waals surface area contributed by atoms with Gasteiger partial charge in [-0.3, -0.25) is 5.32 Å². The zero-order valence-corrected chi connectivity index (χ0v) is 11.4. The van der Waals surface area contributed by atoms with Gasteiger partial charge in [0.2, 0.25) is 0 Å². The molecule has 2 aliphatic rings. The fourth-order valence-corrected chi connectivity index (χ4v) is 3.16. The molecule has 0 atom stereocenters. The molecule has 2 fully saturated rings. The second-order valence-electron chi connectivity index (χ2n) is 6.20. The summed E-state index contributed by atoms with van der Waals surface area (Å²) in [6.07, 6.45) is 6.96. The second kappa shape index (κ2) is 5.35. The summed E-state index contributed by atoms with van der Waals surface area (Å²) in [6.45, 7) is 1.05. The number of nitriles is 1. The van der Waals surface area contributed by atoms with Crippen molar-refractivity contribution < 1.29 is 0 Å². The molecular weight excluding hydrogens is 232 g/mol. The zero-order chi connectivity index (χ0) is 13.1. The van der Waals surface area contributed by atoms with E-state index in [9.17, 15) is 5.26 Å². The first kappa shape index (κ1) is 12.7. The molecule has 19 heavy (non-hydrogen) atoms. The van der Waals surface area contributed by atoms with Gasteiger partial charge >= 0.3 is 0 Å². The SMILES string of the molecule is N#CC1(NCC2CC2)CCC(c2ccccc2)CC1. The molecule has 0 radical (unpaired) electrons. The van der Waals surface area contributed by atoms with Gasteiger partial charge in [-0.2, -0.15) is 5.26 Å². The Kier molecular flexibility index (Phi) is 3.57. The van der Waals surface area contributed by atoms with Crippen LogP contribution in [-0.2, 0) is 0 Å². The molecule has 1 aromatic carbocycles. The number of nitrogens with zero attached hydrogens (tertiary/aromatic N) is 1. The highest BCUT2D eigenvalue weighted by Crippen LogP contribution is 2.38. The lowest BCUT2D eigenvalue weighted by Crippen LogP contribution is -2.47. The third-order valence-corrected chi connectivity index (χ3v) is 4.75. The lowest BCUT2D eigenvalue weighted by molar-refractivity contribution is 0.273. The Bertz CT molecular complexity index is 448. The molecule has 3 rings (SSSR count). The van der Waals surface area contributed by atoms with Crippen LogP contribution in [0.3, 0.4) is 0 Å². The molecule has 2 heteroatoms. The quantitative estimate of drug-likeness (QED) is 0.891. The largest absolute Gasteiger partial charge is 0.299 e. The fourth-order valence-electron chi connectivity index (χ4n) is 3.16. The average Bonchev–Trinajstić information content (AvgIpc) is 3.31. The van der Waals surface area contributed by atoms with E-state index in [4.69, 9.17) is 0 Å². The predicted octanol–water partition coefficient (Wildman–Crippen LogP) is 3.61. The van der Waals surface area contributed by atoms with E-state index in [0.29, 0.717) is 5.92 Å². The highest BCUT2D eigenvalue weighted by Gasteiger charge is 2.36. The van der Waals surface area contributed by atoms with Crippen LogP contribution in [0.1, 0.15) is 50.0 Å². The maximum Gasteiger partial charge on any atom is 0.106 e. The Morgan fingerprint density at radius 2 is 1.79 bits per heavy atom. The summed E-state index contributed by atoms with van der Waals surface area (Å²) in [5.74, 6) is 1.49. The predicted molar refractivity (Wildman–Crippen MR) is 76.7 cm³/mol. The Hall–Kier alpha value is -1.33. The molecular formula is C17H22N2. The lowest BCUT2D eigenvalue weighted by Gasteiger charge is -2.36. The Morgan fingerprint density at radius 1 is 1.11 bits per heavy atom. The highest BCUT2D eigenvalue weighted by atomic mass is 15.0. The fraction of sp³-hybridized carbons (Fsp3) is 0.588. The smallest absolute Gasteiger partial charge is 0.106 e. The van der Waals surface area contributed by atoms with Crippen LogP contribution in [0.5, 0.6) is 0 Å². The first-order valence-electron chi connectivity index (χ1n) is 7.52. The van der Waals surface area contributed by atoms with E-state index >= 15 is 0 Å². The van der Waals surface area contributed by atoms with Gasteiger partial charge in [-0.25, -0.2) is 0 Å². The van der Waals surface area contributed by atoms with E-state index in [0.717, 1.165) is 38.1 Å². The number of rotatable bonds is 4. The van der Waals surface area contributed by atoms with Crippen LogP contribution in [0.4, 0.5) is 0 Å². The lowest BCUT2D eigenvalue weighted by atomic mass is 9.75. The van der Waals surface area contributed by atoms with Gasteiger partial charge in [0, 0.05) is 0 Å². The molecule has 1 aromatic rings. The zero-order valence-electron chi connectivity index (χ0n) is 11.4. The van der Waals surface area contributed by atoms with Gasteiger partial charge in [0.1, 0.15) is 5.54 Å². The van der Waals surface area contributed by atoms with E-state index in [1.165, 1.54) is 18.4 Å². The van der Waals surface area contributed by atoms with Crippen molar-refractivity contribution in [2.45, 2.75) is 50.0 Å². The maximum absolute atomic E-state index is 9.52. The van der Waals surface area contributed by atoms with Crippen molar-refractivity contribution in [3.63, 3.8) is 0 Å². The van der Waals surface area contributed by atoms with Crippen molar-refractivity contribution in [3.8, 4) is 6.07 Å².